The summed E-state index contributed by atoms with van der Waals surface area (Å²) in [6, 6.07) is 11.2. The number of aromatic nitrogens is 2. The molecule has 2 saturated heterocycles. The number of nitrogens with zero attached hydrogens (tertiary/aromatic N) is 4. The maximum absolute atomic E-state index is 12.4. The summed E-state index contributed by atoms with van der Waals surface area (Å²) in [7, 11) is 0. The normalized spacial score (nSPS) is 17.5. The number of likely N-dealkylation sites (tertiary alicyclic amines) is 2. The number of carbonyl (C=O) groups excluding carboxylic acids is 2. The van der Waals surface area contributed by atoms with E-state index < -0.39 is 24.9 Å². The van der Waals surface area contributed by atoms with Gasteiger partial charge in [0.1, 0.15) is 0 Å². The van der Waals surface area contributed by atoms with Crippen molar-refractivity contribution in [1.29, 1.82) is 0 Å². The highest BCUT2D eigenvalue weighted by Gasteiger charge is 2.33. The SMILES string of the molecule is O=C(CCC(F)(F)F)N1CCC(c2ccc(NC(=O)N3CC(c4cccnn4)C3)cc2)CC1. The Hall–Kier alpha value is -3.17. The van der Waals surface area contributed by atoms with Gasteiger partial charge in [0.15, 0.2) is 0 Å². The molecule has 7 nitrogen and oxygen atoms in total. The van der Waals surface area contributed by atoms with Gasteiger partial charge >= 0.3 is 12.2 Å². The molecule has 4 rings (SSSR count). The highest BCUT2D eigenvalue weighted by atomic mass is 19.4. The highest BCUT2D eigenvalue weighted by Crippen LogP contribution is 2.30. The van der Waals surface area contributed by atoms with Crippen molar-refractivity contribution in [2.24, 2.45) is 0 Å². The fraction of sp³-hybridized carbons (Fsp3) is 0.478. The molecule has 176 valence electrons. The van der Waals surface area contributed by atoms with Gasteiger partial charge in [-0.3, -0.25) is 4.79 Å². The zero-order valence-corrected chi connectivity index (χ0v) is 18.1. The summed E-state index contributed by atoms with van der Waals surface area (Å²) in [6.45, 7) is 2.12. The average molecular weight is 461 g/mol. The van der Waals surface area contributed by atoms with Crippen LogP contribution >= 0.6 is 0 Å². The second-order valence-corrected chi connectivity index (χ2v) is 8.57. The first-order valence-electron chi connectivity index (χ1n) is 11.1. The van der Waals surface area contributed by atoms with E-state index in [2.05, 4.69) is 15.5 Å². The molecular formula is C23H26F3N5O2. The first-order valence-corrected chi connectivity index (χ1v) is 11.1. The van der Waals surface area contributed by atoms with Crippen molar-refractivity contribution in [2.45, 2.75) is 43.7 Å². The third-order valence-electron chi connectivity index (χ3n) is 6.28. The minimum atomic E-state index is -4.31. The molecule has 0 bridgehead atoms. The van der Waals surface area contributed by atoms with Crippen LogP contribution in [0.3, 0.4) is 0 Å². The first kappa shape index (κ1) is 23.0. The van der Waals surface area contributed by atoms with Gasteiger partial charge in [0, 0.05) is 50.4 Å². The second kappa shape index (κ2) is 9.76. The summed E-state index contributed by atoms with van der Waals surface area (Å²) < 4.78 is 37.0. The lowest BCUT2D eigenvalue weighted by molar-refractivity contribution is -0.149. The molecule has 0 radical (unpaired) electrons. The number of alkyl halides is 3. The standard InChI is InChI=1S/C23H26F3N5O2/c24-23(25,26)10-7-21(32)30-12-8-17(9-13-30)16-3-5-19(6-4-16)28-22(33)31-14-18(15-31)20-2-1-11-27-29-20/h1-6,11,17-18H,7-10,12-15H2,(H,28,33). The van der Waals surface area contributed by atoms with E-state index >= 15 is 0 Å². The molecule has 10 heteroatoms. The van der Waals surface area contributed by atoms with E-state index in [0.29, 0.717) is 44.7 Å². The van der Waals surface area contributed by atoms with E-state index in [9.17, 15) is 22.8 Å². The maximum Gasteiger partial charge on any atom is 0.389 e. The van der Waals surface area contributed by atoms with Crippen LogP contribution in [-0.2, 0) is 4.79 Å². The van der Waals surface area contributed by atoms with Crippen molar-refractivity contribution in [3.05, 3.63) is 53.9 Å². The topological polar surface area (TPSA) is 78.4 Å². The predicted molar refractivity (Wildman–Crippen MR) is 116 cm³/mol. The Morgan fingerprint density at radius 3 is 2.30 bits per heavy atom. The van der Waals surface area contributed by atoms with Gasteiger partial charge in [-0.25, -0.2) is 4.79 Å². The number of rotatable bonds is 5. The van der Waals surface area contributed by atoms with Gasteiger partial charge in [0.25, 0.3) is 0 Å². The highest BCUT2D eigenvalue weighted by molar-refractivity contribution is 5.90. The Morgan fingerprint density at radius 1 is 1.00 bits per heavy atom. The lowest BCUT2D eigenvalue weighted by Crippen LogP contribution is -2.50. The van der Waals surface area contributed by atoms with Gasteiger partial charge in [-0.2, -0.15) is 23.4 Å². The number of carbonyl (C=O) groups is 2. The van der Waals surface area contributed by atoms with Gasteiger partial charge in [0.2, 0.25) is 5.91 Å². The van der Waals surface area contributed by atoms with Crippen molar-refractivity contribution < 1.29 is 22.8 Å². The van der Waals surface area contributed by atoms with Crippen LogP contribution in [0.5, 0.6) is 0 Å². The van der Waals surface area contributed by atoms with Crippen LogP contribution in [-0.4, -0.2) is 64.3 Å². The molecule has 2 aliphatic rings. The molecule has 1 aromatic heterocycles. The van der Waals surface area contributed by atoms with Gasteiger partial charge in [-0.1, -0.05) is 12.1 Å². The summed E-state index contributed by atoms with van der Waals surface area (Å²) in [5.41, 5.74) is 2.69. The first-order chi connectivity index (χ1) is 15.8. The number of halogens is 3. The summed E-state index contributed by atoms with van der Waals surface area (Å²) in [6.07, 6.45) is -2.82. The van der Waals surface area contributed by atoms with E-state index in [-0.39, 0.29) is 17.9 Å². The summed E-state index contributed by atoms with van der Waals surface area (Å²) in [5, 5.41) is 10.9. The molecule has 0 unspecified atom stereocenters. The molecule has 2 aromatic rings. The zero-order chi connectivity index (χ0) is 23.4. The largest absolute Gasteiger partial charge is 0.389 e. The van der Waals surface area contributed by atoms with Crippen molar-refractivity contribution in [3.63, 3.8) is 0 Å². The van der Waals surface area contributed by atoms with Crippen molar-refractivity contribution in [1.82, 2.24) is 20.0 Å². The van der Waals surface area contributed by atoms with Crippen LogP contribution in [0.2, 0.25) is 0 Å². The molecular weight excluding hydrogens is 435 g/mol. The number of anilines is 1. The number of amides is 3. The lowest BCUT2D eigenvalue weighted by atomic mass is 9.89. The fourth-order valence-corrected chi connectivity index (χ4v) is 4.27. The van der Waals surface area contributed by atoms with Crippen molar-refractivity contribution >= 4 is 17.6 Å². The van der Waals surface area contributed by atoms with Crippen molar-refractivity contribution in [2.75, 3.05) is 31.5 Å². The molecule has 0 atom stereocenters. The lowest BCUT2D eigenvalue weighted by Gasteiger charge is -2.38. The van der Waals surface area contributed by atoms with Crippen LogP contribution in [0.4, 0.5) is 23.7 Å². The number of hydrogen-bond acceptors (Lipinski definition) is 4. The number of hydrogen-bond donors (Lipinski definition) is 1. The molecule has 2 aliphatic heterocycles. The summed E-state index contributed by atoms with van der Waals surface area (Å²) >= 11 is 0. The van der Waals surface area contributed by atoms with Gasteiger partial charge in [0.05, 0.1) is 12.1 Å². The number of benzene rings is 1. The van der Waals surface area contributed by atoms with Crippen LogP contribution in [0.15, 0.2) is 42.6 Å². The van der Waals surface area contributed by atoms with Crippen molar-refractivity contribution in [3.8, 4) is 0 Å². The summed E-state index contributed by atoms with van der Waals surface area (Å²) in [4.78, 5) is 27.7. The molecule has 2 fully saturated rings. The van der Waals surface area contributed by atoms with E-state index in [1.807, 2.05) is 36.4 Å². The summed E-state index contributed by atoms with van der Waals surface area (Å²) in [5.74, 6) is 0.0129. The van der Waals surface area contributed by atoms with E-state index in [4.69, 9.17) is 0 Å². The molecule has 3 heterocycles. The Kier molecular flexibility index (Phi) is 6.80. The predicted octanol–water partition coefficient (Wildman–Crippen LogP) is 4.16. The Morgan fingerprint density at radius 2 is 1.70 bits per heavy atom. The maximum atomic E-state index is 12.4. The third-order valence-corrected chi connectivity index (χ3v) is 6.28. The Balaban J connectivity index is 1.21. The number of urea groups is 1. The Labute approximate surface area is 190 Å². The van der Waals surface area contributed by atoms with Crippen LogP contribution in [0, 0.1) is 0 Å². The number of piperidine rings is 1. The van der Waals surface area contributed by atoms with Gasteiger partial charge in [-0.05, 0) is 48.6 Å². The average Bonchev–Trinajstić information content (AvgIpc) is 2.77. The van der Waals surface area contributed by atoms with Gasteiger partial charge < -0.3 is 15.1 Å². The minimum Gasteiger partial charge on any atom is -0.343 e. The Bertz CT molecular complexity index is 954. The molecule has 1 aromatic carbocycles. The van der Waals surface area contributed by atoms with Crippen LogP contribution in [0.1, 0.15) is 48.8 Å². The molecule has 0 saturated carbocycles. The molecule has 0 aliphatic carbocycles. The van der Waals surface area contributed by atoms with E-state index in [1.54, 1.807) is 11.1 Å². The van der Waals surface area contributed by atoms with Crippen LogP contribution in [0.25, 0.3) is 0 Å². The van der Waals surface area contributed by atoms with E-state index in [0.717, 1.165) is 11.3 Å². The minimum absolute atomic E-state index is 0.159. The monoisotopic (exact) mass is 461 g/mol. The van der Waals surface area contributed by atoms with E-state index in [1.165, 1.54) is 4.90 Å². The second-order valence-electron chi connectivity index (χ2n) is 8.57. The third kappa shape index (κ3) is 6.00. The molecule has 0 spiro atoms. The molecule has 33 heavy (non-hydrogen) atoms. The number of nitrogens with one attached hydrogen (secondary N) is 1. The van der Waals surface area contributed by atoms with Gasteiger partial charge in [-0.15, -0.1) is 0 Å². The van der Waals surface area contributed by atoms with Crippen LogP contribution < -0.4 is 5.32 Å². The smallest absolute Gasteiger partial charge is 0.343 e. The quantitative estimate of drug-likeness (QED) is 0.726. The fourth-order valence-electron chi connectivity index (χ4n) is 4.27. The molecule has 1 N–H and O–H groups in total. The molecule has 3 amide bonds. The zero-order valence-electron chi connectivity index (χ0n) is 18.1.